The Bertz CT molecular complexity index is 388. The monoisotopic (exact) mass is 252 g/mol. The minimum Gasteiger partial charge on any atom is -0.494 e. The maximum absolute atomic E-state index is 13.4. The normalized spacial score (nSPS) is 10.4. The van der Waals surface area contributed by atoms with Gasteiger partial charge in [-0.05, 0) is 24.6 Å². The van der Waals surface area contributed by atoms with Crippen molar-refractivity contribution in [2.45, 2.75) is 45.4 Å². The summed E-state index contributed by atoms with van der Waals surface area (Å²) >= 11 is 0. The number of unbranched alkanes of at least 4 members (excludes halogenated alkanes) is 4. The lowest BCUT2D eigenvalue weighted by Gasteiger charge is -2.04. The summed E-state index contributed by atoms with van der Waals surface area (Å²) in [5, 5.41) is 0. The van der Waals surface area contributed by atoms with Gasteiger partial charge in [-0.1, -0.05) is 32.6 Å². The van der Waals surface area contributed by atoms with Crippen LogP contribution in [0.3, 0.4) is 0 Å². The molecule has 0 aliphatic rings. The maximum Gasteiger partial charge on any atom is 0.165 e. The second-order valence-corrected chi connectivity index (χ2v) is 4.44. The lowest BCUT2D eigenvalue weighted by atomic mass is 10.0. The molecule has 0 N–H and O–H groups in total. The third kappa shape index (κ3) is 4.47. The first kappa shape index (κ1) is 14.7. The molecule has 0 aliphatic heterocycles. The first-order chi connectivity index (χ1) is 8.69. The minimum atomic E-state index is -0.477. The van der Waals surface area contributed by atoms with E-state index in [0.29, 0.717) is 12.0 Å². The van der Waals surface area contributed by atoms with Gasteiger partial charge in [0.15, 0.2) is 17.3 Å². The molecule has 0 spiro atoms. The maximum atomic E-state index is 13.4. The number of benzene rings is 1. The molecular weight excluding hydrogens is 231 g/mol. The molecule has 0 fully saturated rings. The van der Waals surface area contributed by atoms with Crippen LogP contribution in [0.1, 0.15) is 55.8 Å². The lowest BCUT2D eigenvalue weighted by Crippen LogP contribution is -2.00. The standard InChI is InChI=1S/C15H21FO2/c1-3-4-5-6-7-8-14(17)12-9-10-15(18-2)13(16)11-12/h9-11H,3-8H2,1-2H3. The van der Waals surface area contributed by atoms with E-state index in [1.807, 2.05) is 0 Å². The number of ether oxygens (including phenoxy) is 1. The van der Waals surface area contributed by atoms with Crippen LogP contribution in [-0.2, 0) is 0 Å². The van der Waals surface area contributed by atoms with Crippen LogP contribution in [0, 0.1) is 5.82 Å². The highest BCUT2D eigenvalue weighted by Crippen LogP contribution is 2.19. The molecule has 0 bridgehead atoms. The van der Waals surface area contributed by atoms with Gasteiger partial charge in [-0.2, -0.15) is 0 Å². The first-order valence-corrected chi connectivity index (χ1v) is 6.55. The van der Waals surface area contributed by atoms with Crippen LogP contribution >= 0.6 is 0 Å². The topological polar surface area (TPSA) is 26.3 Å². The van der Waals surface area contributed by atoms with E-state index < -0.39 is 5.82 Å². The van der Waals surface area contributed by atoms with Crippen LogP contribution in [0.5, 0.6) is 5.75 Å². The summed E-state index contributed by atoms with van der Waals surface area (Å²) in [5.41, 5.74) is 0.434. The van der Waals surface area contributed by atoms with Gasteiger partial charge in [0, 0.05) is 12.0 Å². The van der Waals surface area contributed by atoms with Crippen molar-refractivity contribution in [1.29, 1.82) is 0 Å². The average molecular weight is 252 g/mol. The lowest BCUT2D eigenvalue weighted by molar-refractivity contribution is 0.0978. The number of carbonyl (C=O) groups excluding carboxylic acids is 1. The zero-order valence-corrected chi connectivity index (χ0v) is 11.2. The molecule has 1 aromatic rings. The average Bonchev–Trinajstić information content (AvgIpc) is 2.38. The Labute approximate surface area is 108 Å². The molecule has 0 heterocycles. The molecule has 18 heavy (non-hydrogen) atoms. The van der Waals surface area contributed by atoms with E-state index in [1.165, 1.54) is 38.5 Å². The number of carbonyl (C=O) groups is 1. The van der Waals surface area contributed by atoms with Gasteiger partial charge < -0.3 is 4.74 Å². The highest BCUT2D eigenvalue weighted by molar-refractivity contribution is 5.96. The van der Waals surface area contributed by atoms with Gasteiger partial charge >= 0.3 is 0 Å². The molecule has 0 aromatic heterocycles. The van der Waals surface area contributed by atoms with Crippen LogP contribution in [0.4, 0.5) is 4.39 Å². The number of Topliss-reactive ketones (excluding diaryl/α,β-unsaturated/α-hetero) is 1. The van der Waals surface area contributed by atoms with Crippen molar-refractivity contribution < 1.29 is 13.9 Å². The van der Waals surface area contributed by atoms with Crippen LogP contribution in [-0.4, -0.2) is 12.9 Å². The van der Waals surface area contributed by atoms with Crippen molar-refractivity contribution in [3.63, 3.8) is 0 Å². The van der Waals surface area contributed by atoms with Crippen LogP contribution in [0.15, 0.2) is 18.2 Å². The fourth-order valence-electron chi connectivity index (χ4n) is 1.87. The van der Waals surface area contributed by atoms with Gasteiger partial charge in [-0.3, -0.25) is 4.79 Å². The summed E-state index contributed by atoms with van der Waals surface area (Å²) in [6.07, 6.45) is 6.02. The highest BCUT2D eigenvalue weighted by atomic mass is 19.1. The van der Waals surface area contributed by atoms with Crippen molar-refractivity contribution in [1.82, 2.24) is 0 Å². The summed E-state index contributed by atoms with van der Waals surface area (Å²) in [7, 11) is 1.41. The summed E-state index contributed by atoms with van der Waals surface area (Å²) in [6.45, 7) is 2.16. The summed E-state index contributed by atoms with van der Waals surface area (Å²) in [4.78, 5) is 11.8. The predicted octanol–water partition coefficient (Wildman–Crippen LogP) is 4.38. The molecule has 0 saturated carbocycles. The minimum absolute atomic E-state index is 0.00746. The van der Waals surface area contributed by atoms with Gasteiger partial charge in [-0.25, -0.2) is 4.39 Å². The van der Waals surface area contributed by atoms with Crippen molar-refractivity contribution in [3.05, 3.63) is 29.6 Å². The predicted molar refractivity (Wildman–Crippen MR) is 70.7 cm³/mol. The van der Waals surface area contributed by atoms with Crippen LogP contribution < -0.4 is 4.74 Å². The first-order valence-electron chi connectivity index (χ1n) is 6.55. The Morgan fingerprint density at radius 3 is 2.56 bits per heavy atom. The van der Waals surface area contributed by atoms with Crippen molar-refractivity contribution in [2.75, 3.05) is 7.11 Å². The van der Waals surface area contributed by atoms with Crippen LogP contribution in [0.2, 0.25) is 0 Å². The van der Waals surface area contributed by atoms with Crippen molar-refractivity contribution >= 4 is 5.78 Å². The van der Waals surface area contributed by atoms with Crippen LogP contribution in [0.25, 0.3) is 0 Å². The zero-order chi connectivity index (χ0) is 13.4. The summed E-state index contributed by atoms with van der Waals surface area (Å²) in [6, 6.07) is 4.38. The SMILES string of the molecule is CCCCCCCC(=O)c1ccc(OC)c(F)c1. The quantitative estimate of drug-likeness (QED) is 0.507. The second kappa shape index (κ2) is 7.85. The van der Waals surface area contributed by atoms with E-state index in [1.54, 1.807) is 6.07 Å². The van der Waals surface area contributed by atoms with E-state index in [9.17, 15) is 9.18 Å². The van der Waals surface area contributed by atoms with E-state index in [2.05, 4.69) is 6.92 Å². The number of ketones is 1. The molecular formula is C15H21FO2. The fraction of sp³-hybridized carbons (Fsp3) is 0.533. The number of methoxy groups -OCH3 is 1. The Balaban J connectivity index is 2.44. The molecule has 2 nitrogen and oxygen atoms in total. The van der Waals surface area contributed by atoms with Gasteiger partial charge in [0.25, 0.3) is 0 Å². The highest BCUT2D eigenvalue weighted by Gasteiger charge is 2.09. The third-order valence-electron chi connectivity index (χ3n) is 2.98. The molecule has 0 aliphatic carbocycles. The molecule has 0 amide bonds. The van der Waals surface area contributed by atoms with Crippen molar-refractivity contribution in [2.24, 2.45) is 0 Å². The van der Waals surface area contributed by atoms with Gasteiger partial charge in [0.1, 0.15) is 0 Å². The molecule has 100 valence electrons. The zero-order valence-electron chi connectivity index (χ0n) is 11.2. The van der Waals surface area contributed by atoms with Gasteiger partial charge in [0.05, 0.1) is 7.11 Å². The second-order valence-electron chi connectivity index (χ2n) is 4.44. The molecule has 0 unspecified atom stereocenters. The number of hydrogen-bond acceptors (Lipinski definition) is 2. The fourth-order valence-corrected chi connectivity index (χ4v) is 1.87. The van der Waals surface area contributed by atoms with E-state index in [-0.39, 0.29) is 11.5 Å². The number of rotatable bonds is 8. The van der Waals surface area contributed by atoms with Gasteiger partial charge in [0.2, 0.25) is 0 Å². The molecule has 0 saturated heterocycles. The molecule has 3 heteroatoms. The molecule has 0 atom stereocenters. The van der Waals surface area contributed by atoms with E-state index >= 15 is 0 Å². The van der Waals surface area contributed by atoms with E-state index in [0.717, 1.165) is 12.8 Å². The molecule has 1 aromatic carbocycles. The largest absolute Gasteiger partial charge is 0.494 e. The Morgan fingerprint density at radius 2 is 1.94 bits per heavy atom. The van der Waals surface area contributed by atoms with E-state index in [4.69, 9.17) is 4.74 Å². The molecule has 1 rings (SSSR count). The smallest absolute Gasteiger partial charge is 0.165 e. The van der Waals surface area contributed by atoms with Crippen molar-refractivity contribution in [3.8, 4) is 5.75 Å². The number of hydrogen-bond donors (Lipinski definition) is 0. The number of halogens is 1. The molecule has 0 radical (unpaired) electrons. The Morgan fingerprint density at radius 1 is 1.22 bits per heavy atom. The van der Waals surface area contributed by atoms with Gasteiger partial charge in [-0.15, -0.1) is 0 Å². The third-order valence-corrected chi connectivity index (χ3v) is 2.98. The Hall–Kier alpha value is -1.38. The Kier molecular flexibility index (Phi) is 6.40. The summed E-state index contributed by atoms with van der Waals surface area (Å²) < 4.78 is 18.2. The summed E-state index contributed by atoms with van der Waals surface area (Å²) in [5.74, 6) is -0.295.